The van der Waals surface area contributed by atoms with Gasteiger partial charge in [-0.3, -0.25) is 0 Å². The molecule has 132 valence electrons. The summed E-state index contributed by atoms with van der Waals surface area (Å²) in [7, 11) is 0. The van der Waals surface area contributed by atoms with Crippen molar-refractivity contribution in [2.24, 2.45) is 11.8 Å². The zero-order chi connectivity index (χ0) is 17.8. The molecule has 0 aliphatic carbocycles. The second kappa shape index (κ2) is 11.9. The van der Waals surface area contributed by atoms with Gasteiger partial charge in [-0.1, -0.05) is 81.5 Å². The van der Waals surface area contributed by atoms with Gasteiger partial charge in [-0.25, -0.2) is 0 Å². The molecule has 0 saturated carbocycles. The summed E-state index contributed by atoms with van der Waals surface area (Å²) in [4.78, 5) is 0. The monoisotopic (exact) mass is 326 g/mol. The molecular weight excluding hydrogens is 292 g/mol. The highest BCUT2D eigenvalue weighted by molar-refractivity contribution is 5.18. The number of aryl methyl sites for hydroxylation is 1. The van der Waals surface area contributed by atoms with E-state index in [1.54, 1.807) is 0 Å². The van der Waals surface area contributed by atoms with Gasteiger partial charge in [0.1, 0.15) is 6.10 Å². The molecule has 0 spiro atoms. The molecule has 0 saturated heterocycles. The minimum atomic E-state index is -0.556. The fraction of sp³-hybridized carbons (Fsp3) is 0.565. The highest BCUT2D eigenvalue weighted by Gasteiger charge is 2.22. The number of unbranched alkanes of at least 4 members (excludes halogenated alkanes) is 3. The molecular formula is C23H34O. The third-order valence-electron chi connectivity index (χ3n) is 4.48. The average Bonchev–Trinajstić information content (AvgIpc) is 2.55. The lowest BCUT2D eigenvalue weighted by molar-refractivity contribution is 0.152. The number of aliphatic hydroxyl groups is 1. The maximum Gasteiger partial charge on any atom is 0.121 e. The molecule has 2 unspecified atom stereocenters. The van der Waals surface area contributed by atoms with Crippen molar-refractivity contribution in [1.29, 1.82) is 0 Å². The predicted octanol–water partition coefficient (Wildman–Crippen LogP) is 5.78. The van der Waals surface area contributed by atoms with Gasteiger partial charge >= 0.3 is 0 Å². The molecule has 0 amide bonds. The Kier molecular flexibility index (Phi) is 10.2. The Balaban J connectivity index is 2.59. The maximum absolute atomic E-state index is 10.5. The average molecular weight is 327 g/mol. The summed E-state index contributed by atoms with van der Waals surface area (Å²) < 4.78 is 0. The predicted molar refractivity (Wildman–Crippen MR) is 105 cm³/mol. The molecule has 0 radical (unpaired) electrons. The van der Waals surface area contributed by atoms with Crippen LogP contribution in [0.1, 0.15) is 65.4 Å². The molecule has 1 aromatic rings. The van der Waals surface area contributed by atoms with Crippen molar-refractivity contribution in [3.8, 4) is 11.8 Å². The van der Waals surface area contributed by atoms with Crippen LogP contribution in [-0.4, -0.2) is 11.2 Å². The van der Waals surface area contributed by atoms with Crippen molar-refractivity contribution in [1.82, 2.24) is 0 Å². The van der Waals surface area contributed by atoms with E-state index in [1.807, 2.05) is 0 Å². The minimum Gasteiger partial charge on any atom is -0.380 e. The van der Waals surface area contributed by atoms with E-state index in [9.17, 15) is 5.11 Å². The number of hydrogen-bond donors (Lipinski definition) is 1. The SMILES string of the molecule is CCCCCC#CC(O)C(/C(C)=C\CCc1ccccc1)C(C)C. The molecule has 2 atom stereocenters. The van der Waals surface area contributed by atoms with Gasteiger partial charge < -0.3 is 5.11 Å². The van der Waals surface area contributed by atoms with Crippen LogP contribution in [0.25, 0.3) is 0 Å². The van der Waals surface area contributed by atoms with E-state index < -0.39 is 6.10 Å². The minimum absolute atomic E-state index is 0.124. The molecule has 0 bridgehead atoms. The second-order valence-corrected chi connectivity index (χ2v) is 6.97. The van der Waals surface area contributed by atoms with E-state index in [0.717, 1.165) is 25.7 Å². The highest BCUT2D eigenvalue weighted by atomic mass is 16.3. The van der Waals surface area contributed by atoms with Crippen molar-refractivity contribution < 1.29 is 5.11 Å². The lowest BCUT2D eigenvalue weighted by Crippen LogP contribution is -2.25. The Morgan fingerprint density at radius 3 is 2.50 bits per heavy atom. The lowest BCUT2D eigenvalue weighted by atomic mass is 9.83. The second-order valence-electron chi connectivity index (χ2n) is 6.97. The Morgan fingerprint density at radius 2 is 1.88 bits per heavy atom. The summed E-state index contributed by atoms with van der Waals surface area (Å²) in [6.07, 6.45) is 8.23. The zero-order valence-corrected chi connectivity index (χ0v) is 15.9. The molecule has 0 aliphatic heterocycles. The molecule has 0 aliphatic rings. The first kappa shape index (κ1) is 20.5. The van der Waals surface area contributed by atoms with Gasteiger partial charge in [-0.15, -0.1) is 5.92 Å². The zero-order valence-electron chi connectivity index (χ0n) is 15.9. The Labute approximate surface area is 149 Å². The summed E-state index contributed by atoms with van der Waals surface area (Å²) in [6, 6.07) is 10.6. The van der Waals surface area contributed by atoms with Crippen LogP contribution in [0.5, 0.6) is 0 Å². The van der Waals surface area contributed by atoms with Crippen molar-refractivity contribution >= 4 is 0 Å². The largest absolute Gasteiger partial charge is 0.380 e. The first-order valence-electron chi connectivity index (χ1n) is 9.43. The van der Waals surface area contributed by atoms with E-state index in [-0.39, 0.29) is 5.92 Å². The Morgan fingerprint density at radius 1 is 1.17 bits per heavy atom. The van der Waals surface area contributed by atoms with E-state index in [1.165, 1.54) is 24.0 Å². The summed E-state index contributed by atoms with van der Waals surface area (Å²) in [5.74, 6) is 6.75. The Bertz CT molecular complexity index is 530. The Hall–Kier alpha value is -1.52. The van der Waals surface area contributed by atoms with E-state index in [4.69, 9.17) is 0 Å². The molecule has 0 fully saturated rings. The molecule has 1 N–H and O–H groups in total. The topological polar surface area (TPSA) is 20.2 Å². The summed E-state index contributed by atoms with van der Waals surface area (Å²) in [5.41, 5.74) is 2.62. The van der Waals surface area contributed by atoms with Crippen molar-refractivity contribution in [3.05, 3.63) is 47.5 Å². The number of hydrogen-bond acceptors (Lipinski definition) is 1. The van der Waals surface area contributed by atoms with Crippen molar-refractivity contribution in [3.63, 3.8) is 0 Å². The van der Waals surface area contributed by atoms with Crippen molar-refractivity contribution in [2.75, 3.05) is 0 Å². The van der Waals surface area contributed by atoms with Gasteiger partial charge in [-0.05, 0) is 37.7 Å². The van der Waals surface area contributed by atoms with Gasteiger partial charge in [-0.2, -0.15) is 0 Å². The van der Waals surface area contributed by atoms with Crippen LogP contribution in [0.4, 0.5) is 0 Å². The number of allylic oxidation sites excluding steroid dienone is 1. The first-order chi connectivity index (χ1) is 11.6. The normalized spacial score (nSPS) is 14.2. The van der Waals surface area contributed by atoms with Gasteiger partial charge in [0.25, 0.3) is 0 Å². The van der Waals surface area contributed by atoms with Gasteiger partial charge in [0.05, 0.1) is 0 Å². The molecule has 1 heteroatoms. The summed E-state index contributed by atoms with van der Waals surface area (Å²) >= 11 is 0. The summed E-state index contributed by atoms with van der Waals surface area (Å²) in [5, 5.41) is 10.5. The molecule has 0 heterocycles. The van der Waals surface area contributed by atoms with Crippen LogP contribution >= 0.6 is 0 Å². The molecule has 1 rings (SSSR count). The molecule has 1 aromatic carbocycles. The van der Waals surface area contributed by atoms with Crippen molar-refractivity contribution in [2.45, 2.75) is 72.3 Å². The fourth-order valence-corrected chi connectivity index (χ4v) is 3.12. The van der Waals surface area contributed by atoms with E-state index >= 15 is 0 Å². The number of benzene rings is 1. The third-order valence-corrected chi connectivity index (χ3v) is 4.48. The van der Waals surface area contributed by atoms with E-state index in [2.05, 4.69) is 75.9 Å². The lowest BCUT2D eigenvalue weighted by Gasteiger charge is -2.24. The van der Waals surface area contributed by atoms with E-state index in [0.29, 0.717) is 5.92 Å². The first-order valence-corrected chi connectivity index (χ1v) is 9.43. The summed E-state index contributed by atoms with van der Waals surface area (Å²) in [6.45, 7) is 8.67. The van der Waals surface area contributed by atoms with Crippen LogP contribution in [0, 0.1) is 23.7 Å². The van der Waals surface area contributed by atoms with Crippen LogP contribution in [-0.2, 0) is 6.42 Å². The highest BCUT2D eigenvalue weighted by Crippen LogP contribution is 2.24. The number of rotatable bonds is 9. The van der Waals surface area contributed by atoms with Crippen LogP contribution < -0.4 is 0 Å². The van der Waals surface area contributed by atoms with Gasteiger partial charge in [0.2, 0.25) is 0 Å². The molecule has 24 heavy (non-hydrogen) atoms. The van der Waals surface area contributed by atoms with Crippen LogP contribution in [0.2, 0.25) is 0 Å². The maximum atomic E-state index is 10.5. The molecule has 0 aromatic heterocycles. The fourth-order valence-electron chi connectivity index (χ4n) is 3.12. The molecule has 1 nitrogen and oxygen atoms in total. The smallest absolute Gasteiger partial charge is 0.121 e. The van der Waals surface area contributed by atoms with Crippen LogP contribution in [0.3, 0.4) is 0 Å². The third kappa shape index (κ3) is 7.84. The quantitative estimate of drug-likeness (QED) is 0.346. The van der Waals surface area contributed by atoms with Gasteiger partial charge in [0.15, 0.2) is 0 Å². The van der Waals surface area contributed by atoms with Gasteiger partial charge in [0, 0.05) is 12.3 Å². The number of aliphatic hydroxyl groups excluding tert-OH is 1. The van der Waals surface area contributed by atoms with Crippen LogP contribution in [0.15, 0.2) is 42.0 Å². The standard InChI is InChI=1S/C23H34O/c1-5-6-7-8-12-18-22(24)23(19(2)3)20(4)14-13-17-21-15-10-9-11-16-21/h9-11,14-16,19,22-24H,5-8,13,17H2,1-4H3/b20-14-.